The fourth-order valence-corrected chi connectivity index (χ4v) is 7.37. The van der Waals surface area contributed by atoms with Crippen LogP contribution in [-0.4, -0.2) is 63.0 Å². The van der Waals surface area contributed by atoms with Crippen LogP contribution < -0.4 is 15.5 Å². The van der Waals surface area contributed by atoms with Crippen LogP contribution in [-0.2, 0) is 9.53 Å². The first-order valence-corrected chi connectivity index (χ1v) is 16.0. The number of carbonyl (C=O) groups is 1. The van der Waals surface area contributed by atoms with Gasteiger partial charge in [0, 0.05) is 48.7 Å². The Hall–Kier alpha value is -4.73. The molecule has 2 bridgehead atoms. The van der Waals surface area contributed by atoms with Gasteiger partial charge in [-0.15, -0.1) is 10.2 Å². The number of nitrogens with zero attached hydrogens (tertiary/aromatic N) is 6. The third kappa shape index (κ3) is 5.77. The van der Waals surface area contributed by atoms with Gasteiger partial charge in [0.2, 0.25) is 5.95 Å². The average molecular weight is 606 g/mol. The molecule has 0 amide bonds. The highest BCUT2D eigenvalue weighted by atomic mass is 16.5. The first-order valence-electron chi connectivity index (χ1n) is 16.0. The Morgan fingerprint density at radius 2 is 1.60 bits per heavy atom. The number of para-hydroxylation sites is 1. The molecule has 10 heteroatoms. The summed E-state index contributed by atoms with van der Waals surface area (Å²) in [5.74, 6) is 1.80. The number of nitrogens with two attached hydrogens (primary N) is 1. The second kappa shape index (κ2) is 12.3. The fraction of sp³-hybridized carbons (Fsp3) is 0.400. The van der Waals surface area contributed by atoms with Gasteiger partial charge in [-0.1, -0.05) is 36.4 Å². The predicted molar refractivity (Wildman–Crippen MR) is 174 cm³/mol. The largest absolute Gasteiger partial charge is 0.507 e. The van der Waals surface area contributed by atoms with Crippen LogP contribution in [0.15, 0.2) is 67.0 Å². The maximum Gasteiger partial charge on any atom is 0.308 e. The lowest BCUT2D eigenvalue weighted by atomic mass is 9.78. The van der Waals surface area contributed by atoms with Gasteiger partial charge in [-0.05, 0) is 80.7 Å². The maximum absolute atomic E-state index is 12.1. The van der Waals surface area contributed by atoms with Crippen molar-refractivity contribution in [2.75, 3.05) is 35.2 Å². The number of aromatic nitrogens is 4. The number of hydrogen-bond donors (Lipinski definition) is 2. The minimum absolute atomic E-state index is 0.0419. The topological polar surface area (TPSA) is 131 Å². The number of ether oxygens (including phenoxy) is 1. The lowest BCUT2D eigenvalue weighted by Crippen LogP contribution is -2.54. The molecule has 10 nitrogen and oxygen atoms in total. The predicted octanol–water partition coefficient (Wildman–Crippen LogP) is 5.58. The summed E-state index contributed by atoms with van der Waals surface area (Å²) in [5.41, 5.74) is 11.8. The fourth-order valence-electron chi connectivity index (χ4n) is 7.37. The van der Waals surface area contributed by atoms with Gasteiger partial charge in [0.25, 0.3) is 0 Å². The van der Waals surface area contributed by atoms with Crippen molar-refractivity contribution >= 4 is 23.4 Å². The van der Waals surface area contributed by atoms with Crippen LogP contribution in [0.25, 0.3) is 22.4 Å². The highest BCUT2D eigenvalue weighted by Crippen LogP contribution is 2.39. The summed E-state index contributed by atoms with van der Waals surface area (Å²) in [7, 11) is 0. The van der Waals surface area contributed by atoms with Crippen molar-refractivity contribution in [2.45, 2.75) is 63.5 Å². The molecule has 232 valence electrons. The summed E-state index contributed by atoms with van der Waals surface area (Å²) < 4.78 is 5.23. The van der Waals surface area contributed by atoms with Gasteiger partial charge >= 0.3 is 5.97 Å². The van der Waals surface area contributed by atoms with Gasteiger partial charge in [0.15, 0.2) is 5.82 Å². The van der Waals surface area contributed by atoms with E-state index in [-0.39, 0.29) is 29.7 Å². The van der Waals surface area contributed by atoms with E-state index in [4.69, 9.17) is 20.4 Å². The van der Waals surface area contributed by atoms with Crippen LogP contribution in [0, 0.1) is 5.92 Å². The van der Waals surface area contributed by atoms with Crippen molar-refractivity contribution < 1.29 is 14.6 Å². The van der Waals surface area contributed by atoms with Gasteiger partial charge in [0.05, 0.1) is 23.9 Å². The summed E-state index contributed by atoms with van der Waals surface area (Å²) in [6.07, 6.45) is 9.77. The van der Waals surface area contributed by atoms with E-state index in [1.54, 1.807) is 12.1 Å². The van der Waals surface area contributed by atoms with E-state index < -0.39 is 0 Å². The maximum atomic E-state index is 12.1. The summed E-state index contributed by atoms with van der Waals surface area (Å²) >= 11 is 0. The smallest absolute Gasteiger partial charge is 0.308 e. The zero-order chi connectivity index (χ0) is 30.9. The zero-order valence-corrected chi connectivity index (χ0v) is 25.5. The van der Waals surface area contributed by atoms with Crippen LogP contribution in [0.2, 0.25) is 0 Å². The van der Waals surface area contributed by atoms with Crippen LogP contribution >= 0.6 is 0 Å². The standard InChI is InChI=1S/C35H39N7O3/c1-2-45-34(44)25-13-11-23(12-14-25)22-7-9-24(10-8-22)26-18-37-35(38-19-26)42-27-15-16-28(42)21-41(20-27)31-17-30(39-40-33(31)36)29-5-3-4-6-32(29)43/h3-10,17-19,23,25,27-28,43H,2,11-16,20-21H2,1H3,(H2,36,40)/t23?,25?,27-,28-/m1/s1. The second-order valence-electron chi connectivity index (χ2n) is 12.4. The van der Waals surface area contributed by atoms with E-state index in [0.29, 0.717) is 29.6 Å². The van der Waals surface area contributed by atoms with Crippen molar-refractivity contribution in [3.8, 4) is 28.1 Å². The number of piperazine rings is 1. The van der Waals surface area contributed by atoms with Crippen molar-refractivity contribution in [2.24, 2.45) is 5.92 Å². The highest BCUT2D eigenvalue weighted by Gasteiger charge is 2.42. The van der Waals surface area contributed by atoms with E-state index >= 15 is 0 Å². The Balaban J connectivity index is 1.01. The molecule has 2 saturated heterocycles. The lowest BCUT2D eigenvalue weighted by Gasteiger charge is -2.42. The van der Waals surface area contributed by atoms with Gasteiger partial charge in [-0.3, -0.25) is 4.79 Å². The molecule has 2 aromatic carbocycles. The molecule has 0 radical (unpaired) electrons. The second-order valence-corrected chi connectivity index (χ2v) is 12.4. The van der Waals surface area contributed by atoms with E-state index in [1.165, 1.54) is 5.56 Å². The van der Waals surface area contributed by atoms with E-state index in [0.717, 1.165) is 74.4 Å². The number of phenols is 1. The van der Waals surface area contributed by atoms with Crippen molar-refractivity contribution in [3.05, 3.63) is 72.6 Å². The van der Waals surface area contributed by atoms with Gasteiger partial charge in [-0.25, -0.2) is 9.97 Å². The van der Waals surface area contributed by atoms with Crippen molar-refractivity contribution in [1.29, 1.82) is 0 Å². The van der Waals surface area contributed by atoms with Crippen LogP contribution in [0.1, 0.15) is 56.9 Å². The molecule has 2 atom stereocenters. The molecule has 4 aromatic rings. The molecule has 45 heavy (non-hydrogen) atoms. The van der Waals surface area contributed by atoms with E-state index in [1.807, 2.05) is 37.5 Å². The number of benzene rings is 2. The number of hydrogen-bond acceptors (Lipinski definition) is 10. The normalized spacial score (nSPS) is 22.8. The molecular weight excluding hydrogens is 566 g/mol. The van der Waals surface area contributed by atoms with Gasteiger partial charge in [-0.2, -0.15) is 0 Å². The molecule has 0 spiro atoms. The number of nitrogen functional groups attached to an aromatic ring is 1. The summed E-state index contributed by atoms with van der Waals surface area (Å²) in [5, 5.41) is 18.8. The van der Waals surface area contributed by atoms with E-state index in [9.17, 15) is 9.90 Å². The molecule has 2 aromatic heterocycles. The molecule has 7 rings (SSSR count). The quantitative estimate of drug-likeness (QED) is 0.257. The Morgan fingerprint density at radius 3 is 2.27 bits per heavy atom. The Morgan fingerprint density at radius 1 is 0.911 bits per heavy atom. The first-order chi connectivity index (χ1) is 22.0. The molecule has 3 fully saturated rings. The third-order valence-corrected chi connectivity index (χ3v) is 9.74. The van der Waals surface area contributed by atoms with Crippen LogP contribution in [0.3, 0.4) is 0 Å². The molecule has 1 saturated carbocycles. The minimum atomic E-state index is -0.0419. The van der Waals surface area contributed by atoms with Crippen LogP contribution in [0.5, 0.6) is 5.75 Å². The van der Waals surface area contributed by atoms with Crippen LogP contribution in [0.4, 0.5) is 17.5 Å². The van der Waals surface area contributed by atoms with Crippen molar-refractivity contribution in [1.82, 2.24) is 20.2 Å². The molecule has 4 heterocycles. The number of fused-ring (bicyclic) bond motifs is 2. The number of carbonyl (C=O) groups excluding carboxylic acids is 1. The number of rotatable bonds is 7. The van der Waals surface area contributed by atoms with E-state index in [2.05, 4.69) is 44.3 Å². The minimum Gasteiger partial charge on any atom is -0.507 e. The SMILES string of the molecule is CCOC(=O)C1CCC(c2ccc(-c3cnc(N4[C@@H]5CC[C@@H]4CN(c4cc(-c6ccccc6O)nnc4N)C5)nc3)cc2)CC1. The summed E-state index contributed by atoms with van der Waals surface area (Å²) in [6.45, 7) is 3.87. The molecule has 3 aliphatic rings. The highest BCUT2D eigenvalue weighted by molar-refractivity contribution is 5.75. The molecule has 1 aliphatic carbocycles. The molecule has 3 N–H and O–H groups in total. The van der Waals surface area contributed by atoms with Crippen molar-refractivity contribution in [3.63, 3.8) is 0 Å². The Labute approximate surface area is 263 Å². The monoisotopic (exact) mass is 605 g/mol. The number of aromatic hydroxyl groups is 1. The lowest BCUT2D eigenvalue weighted by molar-refractivity contribution is -0.149. The Kier molecular flexibility index (Phi) is 7.95. The molecule has 2 aliphatic heterocycles. The zero-order valence-electron chi connectivity index (χ0n) is 25.5. The third-order valence-electron chi connectivity index (χ3n) is 9.74. The number of esters is 1. The van der Waals surface area contributed by atoms with Gasteiger partial charge in [0.1, 0.15) is 5.75 Å². The first kappa shape index (κ1) is 29.0. The number of anilines is 3. The number of phenolic OH excluding ortho intramolecular Hbond substituents is 1. The summed E-state index contributed by atoms with van der Waals surface area (Å²) in [6, 6.07) is 18.3. The molecule has 0 unspecified atom stereocenters. The average Bonchev–Trinajstić information content (AvgIpc) is 3.34. The summed E-state index contributed by atoms with van der Waals surface area (Å²) in [4.78, 5) is 26.4. The van der Waals surface area contributed by atoms with Gasteiger partial charge < -0.3 is 25.4 Å². The molecular formula is C35H39N7O3. The Bertz CT molecular complexity index is 1640.